The Balaban J connectivity index is 1.57. The number of aromatic carboxylic acids is 1. The maximum Gasteiger partial charge on any atom is 0.355 e. The van der Waals surface area contributed by atoms with Gasteiger partial charge >= 0.3 is 5.97 Å². The fourth-order valence-electron chi connectivity index (χ4n) is 2.72. The first-order valence-corrected chi connectivity index (χ1v) is 9.08. The van der Waals surface area contributed by atoms with E-state index in [0.717, 1.165) is 25.7 Å². The molecular formula is C17H19N3O4S. The van der Waals surface area contributed by atoms with E-state index in [2.05, 4.69) is 15.3 Å². The van der Waals surface area contributed by atoms with E-state index in [1.54, 1.807) is 18.3 Å². The van der Waals surface area contributed by atoms with Crippen molar-refractivity contribution in [3.8, 4) is 5.88 Å². The fraction of sp³-hybridized carbons (Fsp3) is 0.412. The summed E-state index contributed by atoms with van der Waals surface area (Å²) in [6.07, 6.45) is 7.34. The quantitative estimate of drug-likeness (QED) is 0.820. The lowest BCUT2D eigenvalue weighted by molar-refractivity contribution is 0.0691. The number of carbonyl (C=O) groups is 2. The third-order valence-corrected chi connectivity index (χ3v) is 4.86. The predicted molar refractivity (Wildman–Crippen MR) is 92.0 cm³/mol. The highest BCUT2D eigenvalue weighted by Gasteiger charge is 2.16. The summed E-state index contributed by atoms with van der Waals surface area (Å²) >= 11 is 1.20. The molecular weight excluding hydrogens is 342 g/mol. The number of amides is 1. The second kappa shape index (κ2) is 8.06. The van der Waals surface area contributed by atoms with Crippen LogP contribution in [0.4, 0.5) is 0 Å². The molecule has 1 saturated carbocycles. The molecule has 0 aromatic carbocycles. The van der Waals surface area contributed by atoms with Gasteiger partial charge in [-0.3, -0.25) is 4.79 Å². The monoisotopic (exact) mass is 361 g/mol. The molecule has 0 radical (unpaired) electrons. The number of ether oxygens (including phenoxy) is 1. The number of nitrogens with one attached hydrogen (secondary N) is 1. The van der Waals surface area contributed by atoms with E-state index in [-0.39, 0.29) is 24.2 Å². The smallest absolute Gasteiger partial charge is 0.355 e. The van der Waals surface area contributed by atoms with Gasteiger partial charge in [0.2, 0.25) is 5.88 Å². The zero-order chi connectivity index (χ0) is 17.6. The van der Waals surface area contributed by atoms with Gasteiger partial charge in [0, 0.05) is 23.2 Å². The third-order valence-electron chi connectivity index (χ3n) is 4.01. The first kappa shape index (κ1) is 17.3. The van der Waals surface area contributed by atoms with Gasteiger partial charge in [-0.05, 0) is 31.7 Å². The van der Waals surface area contributed by atoms with E-state index in [0.29, 0.717) is 16.5 Å². The summed E-state index contributed by atoms with van der Waals surface area (Å²) in [7, 11) is 0. The second-order valence-electron chi connectivity index (χ2n) is 5.87. The van der Waals surface area contributed by atoms with Crippen molar-refractivity contribution >= 4 is 23.2 Å². The van der Waals surface area contributed by atoms with Crippen LogP contribution in [0.15, 0.2) is 23.7 Å². The minimum Gasteiger partial charge on any atom is -0.476 e. The summed E-state index contributed by atoms with van der Waals surface area (Å²) in [5.41, 5.74) is 0.442. The van der Waals surface area contributed by atoms with E-state index < -0.39 is 5.97 Å². The lowest BCUT2D eigenvalue weighted by atomic mass is 9.98. The van der Waals surface area contributed by atoms with Crippen molar-refractivity contribution in [2.24, 2.45) is 0 Å². The van der Waals surface area contributed by atoms with Crippen LogP contribution < -0.4 is 10.1 Å². The number of hydrogen-bond donors (Lipinski definition) is 2. The molecule has 0 atom stereocenters. The minimum absolute atomic E-state index is 0.0127. The SMILES string of the molecule is O=C(NCc1nc(C(=O)O)cs1)c1ccnc(OC2CCCCC2)c1. The Morgan fingerprint density at radius 3 is 2.84 bits per heavy atom. The molecule has 0 aliphatic heterocycles. The van der Waals surface area contributed by atoms with Crippen molar-refractivity contribution in [1.29, 1.82) is 0 Å². The number of pyridine rings is 1. The van der Waals surface area contributed by atoms with Gasteiger partial charge in [0.25, 0.3) is 5.91 Å². The molecule has 7 nitrogen and oxygen atoms in total. The van der Waals surface area contributed by atoms with Crippen LogP contribution in [0, 0.1) is 0 Å². The molecule has 2 aromatic rings. The number of carboxylic acids is 1. The lowest BCUT2D eigenvalue weighted by Gasteiger charge is -2.22. The van der Waals surface area contributed by atoms with E-state index in [1.165, 1.54) is 23.1 Å². The molecule has 1 fully saturated rings. The molecule has 8 heteroatoms. The number of carbonyl (C=O) groups excluding carboxylic acids is 1. The van der Waals surface area contributed by atoms with E-state index in [1.807, 2.05) is 0 Å². The van der Waals surface area contributed by atoms with Gasteiger partial charge in [0.1, 0.15) is 11.1 Å². The van der Waals surface area contributed by atoms with Crippen LogP contribution in [0.25, 0.3) is 0 Å². The predicted octanol–water partition coefficient (Wildman–Crippen LogP) is 2.88. The minimum atomic E-state index is -1.08. The Morgan fingerprint density at radius 2 is 2.12 bits per heavy atom. The summed E-state index contributed by atoms with van der Waals surface area (Å²) in [5.74, 6) is -0.891. The van der Waals surface area contributed by atoms with Crippen molar-refractivity contribution < 1.29 is 19.4 Å². The van der Waals surface area contributed by atoms with Crippen LogP contribution in [0.3, 0.4) is 0 Å². The van der Waals surface area contributed by atoms with E-state index >= 15 is 0 Å². The van der Waals surface area contributed by atoms with Gasteiger partial charge in [-0.1, -0.05) is 6.42 Å². The maximum atomic E-state index is 12.3. The molecule has 0 unspecified atom stereocenters. The Bertz CT molecular complexity index is 756. The maximum absolute atomic E-state index is 12.3. The average molecular weight is 361 g/mol. The van der Waals surface area contributed by atoms with Crippen molar-refractivity contribution in [2.45, 2.75) is 44.8 Å². The number of carboxylic acid groups (broad SMARTS) is 1. The largest absolute Gasteiger partial charge is 0.476 e. The number of nitrogens with zero attached hydrogens (tertiary/aromatic N) is 2. The number of thiazole rings is 1. The van der Waals surface area contributed by atoms with E-state index in [9.17, 15) is 9.59 Å². The molecule has 132 valence electrons. The second-order valence-corrected chi connectivity index (χ2v) is 6.82. The number of hydrogen-bond acceptors (Lipinski definition) is 6. The van der Waals surface area contributed by atoms with Gasteiger partial charge < -0.3 is 15.2 Å². The molecule has 1 aliphatic rings. The first-order valence-electron chi connectivity index (χ1n) is 8.20. The van der Waals surface area contributed by atoms with Crippen molar-refractivity contribution in [2.75, 3.05) is 0 Å². The molecule has 3 rings (SSSR count). The normalized spacial score (nSPS) is 14.9. The summed E-state index contributed by atoms with van der Waals surface area (Å²) in [4.78, 5) is 31.2. The highest BCUT2D eigenvalue weighted by molar-refractivity contribution is 7.09. The van der Waals surface area contributed by atoms with Crippen LogP contribution in [-0.2, 0) is 6.54 Å². The van der Waals surface area contributed by atoms with Crippen molar-refractivity contribution in [3.05, 3.63) is 40.0 Å². The number of rotatable bonds is 6. The van der Waals surface area contributed by atoms with Crippen LogP contribution in [-0.4, -0.2) is 33.1 Å². The topological polar surface area (TPSA) is 101 Å². The average Bonchev–Trinajstić information content (AvgIpc) is 3.10. The fourth-order valence-corrected chi connectivity index (χ4v) is 3.42. The third kappa shape index (κ3) is 4.76. The van der Waals surface area contributed by atoms with Gasteiger partial charge in [0.05, 0.1) is 6.54 Å². The molecule has 2 N–H and O–H groups in total. The number of aromatic nitrogens is 2. The Morgan fingerprint density at radius 1 is 1.32 bits per heavy atom. The summed E-state index contributed by atoms with van der Waals surface area (Å²) in [6, 6.07) is 3.25. The summed E-state index contributed by atoms with van der Waals surface area (Å²) < 4.78 is 5.87. The van der Waals surface area contributed by atoms with Gasteiger partial charge in [0.15, 0.2) is 5.69 Å². The van der Waals surface area contributed by atoms with Crippen LogP contribution in [0.5, 0.6) is 5.88 Å². The molecule has 1 aliphatic carbocycles. The van der Waals surface area contributed by atoms with E-state index in [4.69, 9.17) is 9.84 Å². The molecule has 2 heterocycles. The molecule has 0 bridgehead atoms. The lowest BCUT2D eigenvalue weighted by Crippen LogP contribution is -2.23. The Kier molecular flexibility index (Phi) is 5.60. The summed E-state index contributed by atoms with van der Waals surface area (Å²) in [5, 5.41) is 13.6. The van der Waals surface area contributed by atoms with Crippen molar-refractivity contribution in [1.82, 2.24) is 15.3 Å². The highest BCUT2D eigenvalue weighted by Crippen LogP contribution is 2.22. The van der Waals surface area contributed by atoms with Crippen molar-refractivity contribution in [3.63, 3.8) is 0 Å². The molecule has 0 saturated heterocycles. The zero-order valence-corrected chi connectivity index (χ0v) is 14.4. The van der Waals surface area contributed by atoms with Gasteiger partial charge in [-0.2, -0.15) is 0 Å². The molecule has 2 aromatic heterocycles. The molecule has 0 spiro atoms. The Labute approximate surface area is 149 Å². The summed E-state index contributed by atoms with van der Waals surface area (Å²) in [6.45, 7) is 0.178. The van der Waals surface area contributed by atoms with Crippen LogP contribution >= 0.6 is 11.3 Å². The zero-order valence-electron chi connectivity index (χ0n) is 13.6. The highest BCUT2D eigenvalue weighted by atomic mass is 32.1. The van der Waals surface area contributed by atoms with Gasteiger partial charge in [-0.25, -0.2) is 14.8 Å². The first-order chi connectivity index (χ1) is 12.1. The molecule has 25 heavy (non-hydrogen) atoms. The Hall–Kier alpha value is -2.48. The van der Waals surface area contributed by atoms with Gasteiger partial charge in [-0.15, -0.1) is 11.3 Å². The standard InChI is InChI=1S/C17H19N3O4S/c21-16(19-9-15-20-13(10-25-15)17(22)23)11-6-7-18-14(8-11)24-12-4-2-1-3-5-12/h6-8,10,12H,1-5,9H2,(H,19,21)(H,22,23). The molecule has 1 amide bonds. The van der Waals surface area contributed by atoms with Crippen LogP contribution in [0.2, 0.25) is 0 Å². The van der Waals surface area contributed by atoms with Crippen LogP contribution in [0.1, 0.15) is 58.0 Å².